The molecule has 0 unspecified atom stereocenters. The van der Waals surface area contributed by atoms with Crippen molar-refractivity contribution in [3.63, 3.8) is 0 Å². The fourth-order valence-electron chi connectivity index (χ4n) is 4.31. The number of hydrogen-bond donors (Lipinski definition) is 0. The topological polar surface area (TPSA) is 72.5 Å². The molecule has 3 aromatic carbocycles. The molecule has 1 aliphatic heterocycles. The first-order valence-corrected chi connectivity index (χ1v) is 12.4. The van der Waals surface area contributed by atoms with Crippen LogP contribution in [-0.2, 0) is 53.0 Å². The van der Waals surface area contributed by atoms with E-state index in [1.165, 1.54) is 14.0 Å². The Labute approximate surface area is 218 Å². The van der Waals surface area contributed by atoms with E-state index in [-0.39, 0.29) is 6.61 Å². The number of carbonyl (C=O) groups excluding carboxylic acids is 1. The highest BCUT2D eigenvalue weighted by molar-refractivity contribution is 5.66. The van der Waals surface area contributed by atoms with E-state index in [0.717, 1.165) is 16.7 Å². The molecule has 7 heteroatoms. The molecule has 0 aromatic heterocycles. The van der Waals surface area contributed by atoms with Gasteiger partial charge in [0.2, 0.25) is 0 Å². The van der Waals surface area contributed by atoms with Gasteiger partial charge in [0.1, 0.15) is 18.3 Å². The largest absolute Gasteiger partial charge is 0.454 e. The molecule has 1 aliphatic rings. The van der Waals surface area contributed by atoms with Crippen LogP contribution < -0.4 is 0 Å². The van der Waals surface area contributed by atoms with Crippen LogP contribution in [0.5, 0.6) is 0 Å². The highest BCUT2D eigenvalue weighted by Gasteiger charge is 2.49. The summed E-state index contributed by atoms with van der Waals surface area (Å²) < 4.78 is 36.4. The smallest absolute Gasteiger partial charge is 0.303 e. The molecular weight excluding hydrogens is 472 g/mol. The number of rotatable bonds is 12. The van der Waals surface area contributed by atoms with E-state index in [4.69, 9.17) is 28.4 Å². The van der Waals surface area contributed by atoms with Crippen molar-refractivity contribution in [1.82, 2.24) is 0 Å². The zero-order chi connectivity index (χ0) is 25.9. The summed E-state index contributed by atoms with van der Waals surface area (Å²) in [5.41, 5.74) is 3.05. The maximum atomic E-state index is 12.0. The SMILES string of the molecule is CO[C@H]1O[C@H](COCc2ccccc2)[C@@H](OCc2ccccc2)[C@H](OCc2ccccc2)[C@@H]1OC(C)=O. The highest BCUT2D eigenvalue weighted by Crippen LogP contribution is 2.30. The van der Waals surface area contributed by atoms with Crippen LogP contribution in [-0.4, -0.2) is 50.4 Å². The van der Waals surface area contributed by atoms with E-state index in [9.17, 15) is 4.79 Å². The van der Waals surface area contributed by atoms with Gasteiger partial charge in [-0.05, 0) is 16.7 Å². The van der Waals surface area contributed by atoms with Crippen LogP contribution in [0.15, 0.2) is 91.0 Å². The minimum atomic E-state index is -0.841. The Bertz CT molecular complexity index is 1060. The zero-order valence-corrected chi connectivity index (χ0v) is 21.2. The molecule has 37 heavy (non-hydrogen) atoms. The third-order valence-corrected chi connectivity index (χ3v) is 6.09. The zero-order valence-electron chi connectivity index (χ0n) is 21.2. The lowest BCUT2D eigenvalue weighted by atomic mass is 9.98. The van der Waals surface area contributed by atoms with Crippen molar-refractivity contribution < 1.29 is 33.2 Å². The Morgan fingerprint density at radius 2 is 1.19 bits per heavy atom. The molecule has 0 aliphatic carbocycles. The van der Waals surface area contributed by atoms with E-state index in [0.29, 0.717) is 19.8 Å². The van der Waals surface area contributed by atoms with Crippen LogP contribution in [0.3, 0.4) is 0 Å². The normalized spacial score (nSPS) is 23.5. The van der Waals surface area contributed by atoms with Gasteiger partial charge in [-0.3, -0.25) is 4.79 Å². The lowest BCUT2D eigenvalue weighted by Gasteiger charge is -2.45. The summed E-state index contributed by atoms with van der Waals surface area (Å²) in [6.45, 7) is 2.66. The minimum absolute atomic E-state index is 0.242. The molecule has 0 radical (unpaired) electrons. The van der Waals surface area contributed by atoms with Gasteiger partial charge in [0.15, 0.2) is 12.4 Å². The Morgan fingerprint density at radius 3 is 1.68 bits per heavy atom. The minimum Gasteiger partial charge on any atom is -0.454 e. The van der Waals surface area contributed by atoms with Crippen LogP contribution in [0.2, 0.25) is 0 Å². The van der Waals surface area contributed by atoms with Crippen molar-refractivity contribution >= 4 is 5.97 Å². The molecule has 1 saturated heterocycles. The van der Waals surface area contributed by atoms with Gasteiger partial charge in [0.25, 0.3) is 0 Å². The van der Waals surface area contributed by atoms with Crippen molar-refractivity contribution in [3.8, 4) is 0 Å². The van der Waals surface area contributed by atoms with Crippen LogP contribution in [0.25, 0.3) is 0 Å². The molecule has 4 rings (SSSR count). The molecule has 0 spiro atoms. The summed E-state index contributed by atoms with van der Waals surface area (Å²) in [6, 6.07) is 29.6. The lowest BCUT2D eigenvalue weighted by molar-refractivity contribution is -0.315. The van der Waals surface area contributed by atoms with Gasteiger partial charge >= 0.3 is 5.97 Å². The van der Waals surface area contributed by atoms with Crippen LogP contribution in [0.4, 0.5) is 0 Å². The van der Waals surface area contributed by atoms with E-state index in [1.807, 2.05) is 91.0 Å². The monoisotopic (exact) mass is 506 g/mol. The van der Waals surface area contributed by atoms with Crippen LogP contribution >= 0.6 is 0 Å². The standard InChI is InChI=1S/C30H34O7/c1-22(31)36-29-28(35-20-25-16-10-5-11-17-25)27(34-19-24-14-8-4-9-15-24)26(37-30(29)32-2)21-33-18-23-12-6-3-7-13-23/h3-17,26-30H,18-21H2,1-2H3/t26-,27-,28+,29+,30+/m1/s1. The number of methoxy groups -OCH3 is 1. The highest BCUT2D eigenvalue weighted by atomic mass is 16.7. The predicted molar refractivity (Wildman–Crippen MR) is 137 cm³/mol. The molecule has 7 nitrogen and oxygen atoms in total. The van der Waals surface area contributed by atoms with Crippen LogP contribution in [0.1, 0.15) is 23.6 Å². The summed E-state index contributed by atoms with van der Waals surface area (Å²) >= 11 is 0. The van der Waals surface area contributed by atoms with Gasteiger partial charge in [0.05, 0.1) is 26.4 Å². The molecule has 1 fully saturated rings. The molecule has 0 amide bonds. The number of carbonyl (C=O) groups is 1. The molecule has 5 atom stereocenters. The van der Waals surface area contributed by atoms with Crippen LogP contribution in [0, 0.1) is 0 Å². The molecule has 0 saturated carbocycles. The predicted octanol–water partition coefficient (Wildman–Crippen LogP) is 4.68. The third-order valence-electron chi connectivity index (χ3n) is 6.09. The molecule has 0 N–H and O–H groups in total. The molecule has 3 aromatic rings. The number of esters is 1. The van der Waals surface area contributed by atoms with Gasteiger partial charge in [-0.25, -0.2) is 0 Å². The number of hydrogen-bond acceptors (Lipinski definition) is 7. The number of benzene rings is 3. The van der Waals surface area contributed by atoms with Gasteiger partial charge in [-0.15, -0.1) is 0 Å². The molecule has 0 bridgehead atoms. The van der Waals surface area contributed by atoms with E-state index >= 15 is 0 Å². The van der Waals surface area contributed by atoms with Crippen molar-refractivity contribution in [2.24, 2.45) is 0 Å². The Hall–Kier alpha value is -3.07. The van der Waals surface area contributed by atoms with Crippen molar-refractivity contribution in [2.75, 3.05) is 13.7 Å². The fourth-order valence-corrected chi connectivity index (χ4v) is 4.31. The second-order valence-corrected chi connectivity index (χ2v) is 8.88. The Balaban J connectivity index is 1.56. The van der Waals surface area contributed by atoms with Gasteiger partial charge < -0.3 is 28.4 Å². The summed E-state index contributed by atoms with van der Waals surface area (Å²) in [7, 11) is 1.52. The van der Waals surface area contributed by atoms with E-state index in [2.05, 4.69) is 0 Å². The maximum absolute atomic E-state index is 12.0. The van der Waals surface area contributed by atoms with Crippen molar-refractivity contribution in [3.05, 3.63) is 108 Å². The summed E-state index contributed by atoms with van der Waals surface area (Å²) in [5.74, 6) is -0.454. The first kappa shape index (κ1) is 27.0. The Morgan fingerprint density at radius 1 is 0.703 bits per heavy atom. The second-order valence-electron chi connectivity index (χ2n) is 8.88. The first-order valence-electron chi connectivity index (χ1n) is 12.4. The van der Waals surface area contributed by atoms with E-state index in [1.54, 1.807) is 0 Å². The van der Waals surface area contributed by atoms with Gasteiger partial charge in [-0.1, -0.05) is 91.0 Å². The fraction of sp³-hybridized carbons (Fsp3) is 0.367. The van der Waals surface area contributed by atoms with Gasteiger partial charge in [-0.2, -0.15) is 0 Å². The molecule has 1 heterocycles. The second kappa shape index (κ2) is 14.0. The van der Waals surface area contributed by atoms with E-state index < -0.39 is 36.7 Å². The van der Waals surface area contributed by atoms with Crippen molar-refractivity contribution in [2.45, 2.75) is 57.5 Å². The molecule has 196 valence electrons. The van der Waals surface area contributed by atoms with Gasteiger partial charge in [0, 0.05) is 14.0 Å². The number of ether oxygens (including phenoxy) is 6. The molecular formula is C30H34O7. The summed E-state index contributed by atoms with van der Waals surface area (Å²) in [5, 5.41) is 0. The summed E-state index contributed by atoms with van der Waals surface area (Å²) in [6.07, 6.45) is -3.43. The summed E-state index contributed by atoms with van der Waals surface area (Å²) in [4.78, 5) is 12.0. The first-order chi connectivity index (χ1) is 18.1. The maximum Gasteiger partial charge on any atom is 0.303 e. The van der Waals surface area contributed by atoms with Crippen molar-refractivity contribution in [1.29, 1.82) is 0 Å². The Kier molecular flexibility index (Phi) is 10.2. The average Bonchev–Trinajstić information content (AvgIpc) is 2.93. The average molecular weight is 507 g/mol. The lowest BCUT2D eigenvalue weighted by Crippen LogP contribution is -2.62. The third kappa shape index (κ3) is 7.95. The quantitative estimate of drug-likeness (QED) is 0.331.